The molecule has 0 aliphatic carbocycles. The van der Waals surface area contributed by atoms with Crippen molar-refractivity contribution in [1.29, 1.82) is 0 Å². The number of amides is 1. The van der Waals surface area contributed by atoms with Crippen LogP contribution in [0, 0.1) is 6.92 Å². The van der Waals surface area contributed by atoms with Crippen molar-refractivity contribution in [2.45, 2.75) is 13.0 Å². The Hall–Kier alpha value is -2.08. The zero-order chi connectivity index (χ0) is 18.3. The maximum absolute atomic E-state index is 13.1. The molecule has 4 rings (SSSR count). The number of fused-ring (bicyclic) bond motifs is 1. The van der Waals surface area contributed by atoms with E-state index in [-0.39, 0.29) is 12.0 Å². The van der Waals surface area contributed by atoms with Crippen LogP contribution in [0.2, 0.25) is 10.0 Å². The molecule has 1 fully saturated rings. The second-order valence-corrected chi connectivity index (χ2v) is 7.12. The minimum absolute atomic E-state index is 0.0459. The summed E-state index contributed by atoms with van der Waals surface area (Å²) in [6.07, 6.45) is -0.234. The lowest BCUT2D eigenvalue weighted by Crippen LogP contribution is -2.42. The van der Waals surface area contributed by atoms with Crippen molar-refractivity contribution in [2.24, 2.45) is 0 Å². The number of aryl methyl sites for hydroxylation is 1. The zero-order valence-corrected chi connectivity index (χ0v) is 15.6. The van der Waals surface area contributed by atoms with Gasteiger partial charge in [-0.1, -0.05) is 35.3 Å². The molecule has 0 radical (unpaired) electrons. The maximum Gasteiger partial charge on any atom is 0.256 e. The molecule has 1 aromatic heterocycles. The van der Waals surface area contributed by atoms with Crippen LogP contribution in [-0.4, -0.2) is 40.5 Å². The van der Waals surface area contributed by atoms with Gasteiger partial charge in [0.15, 0.2) is 0 Å². The predicted molar refractivity (Wildman–Crippen MR) is 102 cm³/mol. The van der Waals surface area contributed by atoms with Gasteiger partial charge in [0.1, 0.15) is 17.4 Å². The van der Waals surface area contributed by atoms with Crippen molar-refractivity contribution in [3.05, 3.63) is 63.4 Å². The number of para-hydroxylation sites is 1. The molecule has 0 saturated carbocycles. The van der Waals surface area contributed by atoms with Crippen LogP contribution in [0.4, 0.5) is 0 Å². The van der Waals surface area contributed by atoms with E-state index in [1.165, 1.54) is 0 Å². The minimum Gasteiger partial charge on any atom is -0.370 e. The number of nitrogens with zero attached hydrogens (tertiary/aromatic N) is 2. The summed E-state index contributed by atoms with van der Waals surface area (Å²) in [6.45, 7) is 3.34. The summed E-state index contributed by atoms with van der Waals surface area (Å²) in [5, 5.41) is 0.979. The first kappa shape index (κ1) is 17.3. The number of ether oxygens (including phenoxy) is 1. The normalized spacial score (nSPS) is 17.7. The molecule has 1 saturated heterocycles. The Labute approximate surface area is 160 Å². The number of rotatable bonds is 2. The fraction of sp³-hybridized carbons (Fsp3) is 0.263. The summed E-state index contributed by atoms with van der Waals surface area (Å²) in [4.78, 5) is 22.5. The topological polar surface area (TPSA) is 58.2 Å². The Morgan fingerprint density at radius 1 is 1.27 bits per heavy atom. The van der Waals surface area contributed by atoms with Gasteiger partial charge in [-0.25, -0.2) is 4.98 Å². The number of aromatic nitrogens is 2. The van der Waals surface area contributed by atoms with E-state index >= 15 is 0 Å². The van der Waals surface area contributed by atoms with Crippen molar-refractivity contribution in [3.8, 4) is 0 Å². The number of halogens is 2. The van der Waals surface area contributed by atoms with Crippen LogP contribution in [-0.2, 0) is 4.74 Å². The van der Waals surface area contributed by atoms with Gasteiger partial charge in [-0.2, -0.15) is 0 Å². The first-order valence-electron chi connectivity index (χ1n) is 8.34. The summed E-state index contributed by atoms with van der Waals surface area (Å²) in [5.41, 5.74) is 3.07. The molecule has 1 atom stereocenters. The number of carbonyl (C=O) groups excluding carboxylic acids is 1. The average Bonchev–Trinajstić information content (AvgIpc) is 3.03. The molecule has 1 N–H and O–H groups in total. The molecule has 2 aromatic carbocycles. The SMILES string of the molecule is Cc1nc2c(C(=O)N3CCO[C@@H](c4ccc(Cl)c(Cl)c4)C3)cccc2[nH]1. The molecule has 0 bridgehead atoms. The third kappa shape index (κ3) is 3.18. The third-order valence-corrected chi connectivity index (χ3v) is 5.27. The first-order chi connectivity index (χ1) is 12.5. The molecule has 2 heterocycles. The highest BCUT2D eigenvalue weighted by Gasteiger charge is 2.27. The molecular formula is C19H17Cl2N3O2. The first-order valence-corrected chi connectivity index (χ1v) is 9.09. The molecule has 7 heteroatoms. The van der Waals surface area contributed by atoms with Crippen molar-refractivity contribution in [2.75, 3.05) is 19.7 Å². The fourth-order valence-corrected chi connectivity index (χ4v) is 3.55. The number of aromatic amines is 1. The molecule has 5 nitrogen and oxygen atoms in total. The lowest BCUT2D eigenvalue weighted by molar-refractivity contribution is -0.0227. The van der Waals surface area contributed by atoms with Gasteiger partial charge in [0.25, 0.3) is 5.91 Å². The Balaban J connectivity index is 1.60. The second kappa shape index (κ2) is 6.91. The van der Waals surface area contributed by atoms with Crippen molar-refractivity contribution in [3.63, 3.8) is 0 Å². The largest absolute Gasteiger partial charge is 0.370 e. The predicted octanol–water partition coefficient (Wildman–Crippen LogP) is 4.39. The van der Waals surface area contributed by atoms with Crippen molar-refractivity contribution < 1.29 is 9.53 Å². The van der Waals surface area contributed by atoms with Gasteiger partial charge in [0.05, 0.1) is 34.3 Å². The maximum atomic E-state index is 13.1. The lowest BCUT2D eigenvalue weighted by Gasteiger charge is -2.33. The second-order valence-electron chi connectivity index (χ2n) is 6.31. The number of hydrogen-bond donors (Lipinski definition) is 1. The number of imidazole rings is 1. The van der Waals surface area contributed by atoms with E-state index in [0.717, 1.165) is 16.9 Å². The van der Waals surface area contributed by atoms with Crippen LogP contribution >= 0.6 is 23.2 Å². The van der Waals surface area contributed by atoms with Crippen LogP contribution < -0.4 is 0 Å². The Kier molecular flexibility index (Phi) is 4.61. The van der Waals surface area contributed by atoms with Crippen LogP contribution in [0.3, 0.4) is 0 Å². The highest BCUT2D eigenvalue weighted by Crippen LogP contribution is 2.30. The minimum atomic E-state index is -0.234. The number of hydrogen-bond acceptors (Lipinski definition) is 3. The van der Waals surface area contributed by atoms with Gasteiger partial charge in [0, 0.05) is 6.54 Å². The molecular weight excluding hydrogens is 373 g/mol. The quantitative estimate of drug-likeness (QED) is 0.706. The van der Waals surface area contributed by atoms with E-state index in [1.807, 2.05) is 31.2 Å². The van der Waals surface area contributed by atoms with Crippen LogP contribution in [0.15, 0.2) is 36.4 Å². The number of benzene rings is 2. The standard InChI is InChI=1S/C19H17Cl2N3O2/c1-11-22-16-4-2-3-13(18(16)23-11)19(25)24-7-8-26-17(10-24)12-5-6-14(20)15(21)9-12/h2-6,9,17H,7-8,10H2,1H3,(H,22,23)/t17-/m1/s1. The van der Waals surface area contributed by atoms with Gasteiger partial charge in [-0.3, -0.25) is 4.79 Å². The van der Waals surface area contributed by atoms with Gasteiger partial charge < -0.3 is 14.6 Å². The number of morpholine rings is 1. The van der Waals surface area contributed by atoms with Crippen molar-refractivity contribution >= 4 is 40.1 Å². The Bertz CT molecular complexity index is 986. The Morgan fingerprint density at radius 3 is 2.92 bits per heavy atom. The average molecular weight is 390 g/mol. The van der Waals surface area contributed by atoms with Gasteiger partial charge in [-0.05, 0) is 36.8 Å². The summed E-state index contributed by atoms with van der Waals surface area (Å²) < 4.78 is 5.85. The van der Waals surface area contributed by atoms with Crippen LogP contribution in [0.25, 0.3) is 11.0 Å². The smallest absolute Gasteiger partial charge is 0.256 e. The van der Waals surface area contributed by atoms with E-state index in [4.69, 9.17) is 27.9 Å². The highest BCUT2D eigenvalue weighted by atomic mass is 35.5. The molecule has 1 aliphatic rings. The van der Waals surface area contributed by atoms with Gasteiger partial charge in [-0.15, -0.1) is 0 Å². The molecule has 0 unspecified atom stereocenters. The summed E-state index contributed by atoms with van der Waals surface area (Å²) in [6, 6.07) is 11.0. The summed E-state index contributed by atoms with van der Waals surface area (Å²) in [5.74, 6) is 0.742. The Morgan fingerprint density at radius 2 is 2.12 bits per heavy atom. The van der Waals surface area contributed by atoms with E-state index in [2.05, 4.69) is 9.97 Å². The zero-order valence-electron chi connectivity index (χ0n) is 14.1. The van der Waals surface area contributed by atoms with Crippen LogP contribution in [0.5, 0.6) is 0 Å². The monoisotopic (exact) mass is 389 g/mol. The van der Waals surface area contributed by atoms with Gasteiger partial charge in [0.2, 0.25) is 0 Å². The molecule has 0 spiro atoms. The number of nitrogens with one attached hydrogen (secondary N) is 1. The number of carbonyl (C=O) groups is 1. The molecule has 1 amide bonds. The van der Waals surface area contributed by atoms with E-state index in [0.29, 0.717) is 40.8 Å². The molecule has 3 aromatic rings. The molecule has 1 aliphatic heterocycles. The molecule has 134 valence electrons. The van der Waals surface area contributed by atoms with Crippen LogP contribution in [0.1, 0.15) is 27.8 Å². The third-order valence-electron chi connectivity index (χ3n) is 4.53. The van der Waals surface area contributed by atoms with E-state index in [9.17, 15) is 4.79 Å². The van der Waals surface area contributed by atoms with Gasteiger partial charge >= 0.3 is 0 Å². The summed E-state index contributed by atoms with van der Waals surface area (Å²) in [7, 11) is 0. The number of H-pyrrole nitrogens is 1. The van der Waals surface area contributed by atoms with E-state index in [1.54, 1.807) is 17.0 Å². The molecule has 26 heavy (non-hydrogen) atoms. The lowest BCUT2D eigenvalue weighted by atomic mass is 10.1. The fourth-order valence-electron chi connectivity index (χ4n) is 3.25. The summed E-state index contributed by atoms with van der Waals surface area (Å²) >= 11 is 12.1. The highest BCUT2D eigenvalue weighted by molar-refractivity contribution is 6.42. The van der Waals surface area contributed by atoms with Crippen molar-refractivity contribution in [1.82, 2.24) is 14.9 Å². The van der Waals surface area contributed by atoms with E-state index < -0.39 is 0 Å².